The first kappa shape index (κ1) is 18.8. The van der Waals surface area contributed by atoms with Crippen LogP contribution in [-0.4, -0.2) is 24.3 Å². The molecular formula is C18H15ClN4O3S. The minimum absolute atomic E-state index is 0.0176. The Bertz CT molecular complexity index is 1090. The Hall–Kier alpha value is -2.97. The number of carbonyl (C=O) groups is 1. The van der Waals surface area contributed by atoms with E-state index < -0.39 is 10.0 Å². The predicted molar refractivity (Wildman–Crippen MR) is 103 cm³/mol. The van der Waals surface area contributed by atoms with Crippen molar-refractivity contribution in [3.05, 3.63) is 77.3 Å². The lowest BCUT2D eigenvalue weighted by atomic mass is 10.2. The summed E-state index contributed by atoms with van der Waals surface area (Å²) in [4.78, 5) is 20.1. The van der Waals surface area contributed by atoms with Crippen molar-refractivity contribution in [2.24, 2.45) is 0 Å². The van der Waals surface area contributed by atoms with Crippen LogP contribution in [0.1, 0.15) is 15.9 Å². The number of sulfonamides is 1. The fourth-order valence-electron chi connectivity index (χ4n) is 2.26. The number of aromatic nitrogens is 2. The van der Waals surface area contributed by atoms with Gasteiger partial charge in [0.25, 0.3) is 15.9 Å². The molecule has 3 aromatic rings. The Morgan fingerprint density at radius 1 is 1.07 bits per heavy atom. The summed E-state index contributed by atoms with van der Waals surface area (Å²) in [6, 6.07) is 10.9. The molecule has 0 unspecified atom stereocenters. The van der Waals surface area contributed by atoms with Crippen molar-refractivity contribution >= 4 is 38.9 Å². The van der Waals surface area contributed by atoms with Crippen LogP contribution in [0, 0.1) is 6.92 Å². The molecule has 9 heteroatoms. The standard InChI is InChI=1S/C18H15ClN4O3S/c1-12-9-16(11-21-17(12)19)27(25,26)23-15-4-2-3-13(10-15)18(24)22-14-5-7-20-8-6-14/h2-11,23H,1H3,(H,20,22,24). The molecule has 2 N–H and O–H groups in total. The third-order valence-corrected chi connectivity index (χ3v) is 5.36. The maximum Gasteiger partial charge on any atom is 0.263 e. The molecule has 1 amide bonds. The molecule has 0 saturated carbocycles. The fraction of sp³-hybridized carbons (Fsp3) is 0.0556. The van der Waals surface area contributed by atoms with Crippen LogP contribution in [0.5, 0.6) is 0 Å². The molecule has 0 atom stereocenters. The maximum absolute atomic E-state index is 12.5. The lowest BCUT2D eigenvalue weighted by molar-refractivity contribution is 0.102. The molecule has 0 bridgehead atoms. The van der Waals surface area contributed by atoms with Gasteiger partial charge in [-0.25, -0.2) is 13.4 Å². The van der Waals surface area contributed by atoms with E-state index in [4.69, 9.17) is 11.6 Å². The fourth-order valence-corrected chi connectivity index (χ4v) is 3.44. The normalized spacial score (nSPS) is 11.0. The number of halogens is 1. The topological polar surface area (TPSA) is 101 Å². The Labute approximate surface area is 161 Å². The molecule has 0 aliphatic heterocycles. The summed E-state index contributed by atoms with van der Waals surface area (Å²) in [7, 11) is -3.87. The van der Waals surface area contributed by atoms with Gasteiger partial charge in [0, 0.05) is 35.5 Å². The van der Waals surface area contributed by atoms with Gasteiger partial charge in [0.2, 0.25) is 0 Å². The monoisotopic (exact) mass is 402 g/mol. The quantitative estimate of drug-likeness (QED) is 0.636. The van der Waals surface area contributed by atoms with E-state index >= 15 is 0 Å². The average molecular weight is 403 g/mol. The van der Waals surface area contributed by atoms with E-state index in [1.54, 1.807) is 49.6 Å². The number of carbonyl (C=O) groups excluding carboxylic acids is 1. The molecular weight excluding hydrogens is 388 g/mol. The molecule has 0 saturated heterocycles. The van der Waals surface area contributed by atoms with Gasteiger partial charge in [-0.2, -0.15) is 0 Å². The van der Waals surface area contributed by atoms with Crippen LogP contribution in [0.15, 0.2) is 66.0 Å². The number of hydrogen-bond donors (Lipinski definition) is 2. The summed E-state index contributed by atoms with van der Waals surface area (Å²) in [5.41, 5.74) is 1.69. The second kappa shape index (κ2) is 7.73. The predicted octanol–water partition coefficient (Wildman–Crippen LogP) is 3.49. The Balaban J connectivity index is 1.80. The average Bonchev–Trinajstić information content (AvgIpc) is 2.64. The number of benzene rings is 1. The van der Waals surface area contributed by atoms with Crippen molar-refractivity contribution in [3.8, 4) is 0 Å². The highest BCUT2D eigenvalue weighted by molar-refractivity contribution is 7.92. The van der Waals surface area contributed by atoms with E-state index in [0.29, 0.717) is 16.8 Å². The summed E-state index contributed by atoms with van der Waals surface area (Å²) in [6.07, 6.45) is 4.29. The van der Waals surface area contributed by atoms with E-state index in [1.807, 2.05) is 0 Å². The Kier molecular flexibility index (Phi) is 5.38. The minimum Gasteiger partial charge on any atom is -0.322 e. The summed E-state index contributed by atoms with van der Waals surface area (Å²) in [5.74, 6) is -0.369. The number of hydrogen-bond acceptors (Lipinski definition) is 5. The van der Waals surface area contributed by atoms with Gasteiger partial charge in [-0.3, -0.25) is 14.5 Å². The first-order valence-electron chi connectivity index (χ1n) is 7.81. The number of rotatable bonds is 5. The van der Waals surface area contributed by atoms with Crippen molar-refractivity contribution < 1.29 is 13.2 Å². The summed E-state index contributed by atoms with van der Waals surface area (Å²) >= 11 is 5.84. The van der Waals surface area contributed by atoms with Gasteiger partial charge >= 0.3 is 0 Å². The molecule has 1 aromatic carbocycles. The van der Waals surface area contributed by atoms with Gasteiger partial charge in [0.15, 0.2) is 0 Å². The van der Waals surface area contributed by atoms with Crippen molar-refractivity contribution in [1.82, 2.24) is 9.97 Å². The van der Waals surface area contributed by atoms with Crippen LogP contribution in [0.3, 0.4) is 0 Å². The van der Waals surface area contributed by atoms with Crippen LogP contribution < -0.4 is 10.0 Å². The molecule has 0 aliphatic rings. The third kappa shape index (κ3) is 4.60. The second-order valence-corrected chi connectivity index (χ2v) is 7.70. The first-order chi connectivity index (χ1) is 12.8. The highest BCUT2D eigenvalue weighted by atomic mass is 35.5. The summed E-state index contributed by atoms with van der Waals surface area (Å²) < 4.78 is 27.5. The lowest BCUT2D eigenvalue weighted by Crippen LogP contribution is -2.15. The SMILES string of the molecule is Cc1cc(S(=O)(=O)Nc2cccc(C(=O)Nc3ccncc3)c2)cnc1Cl. The van der Waals surface area contributed by atoms with Gasteiger partial charge in [0.1, 0.15) is 10.0 Å². The minimum atomic E-state index is -3.87. The van der Waals surface area contributed by atoms with Gasteiger partial charge < -0.3 is 5.32 Å². The third-order valence-electron chi connectivity index (χ3n) is 3.61. The molecule has 7 nitrogen and oxygen atoms in total. The lowest BCUT2D eigenvalue weighted by Gasteiger charge is -2.10. The number of pyridine rings is 2. The molecule has 2 heterocycles. The van der Waals surface area contributed by atoms with Gasteiger partial charge in [-0.05, 0) is 48.9 Å². The van der Waals surface area contributed by atoms with Crippen LogP contribution in [0.25, 0.3) is 0 Å². The maximum atomic E-state index is 12.5. The largest absolute Gasteiger partial charge is 0.322 e. The van der Waals surface area contributed by atoms with Crippen LogP contribution in [0.2, 0.25) is 5.15 Å². The van der Waals surface area contributed by atoms with Gasteiger partial charge in [-0.15, -0.1) is 0 Å². The molecule has 3 rings (SSSR count). The first-order valence-corrected chi connectivity index (χ1v) is 9.68. The summed E-state index contributed by atoms with van der Waals surface area (Å²) in [6.45, 7) is 1.67. The van der Waals surface area contributed by atoms with Crippen molar-refractivity contribution in [2.45, 2.75) is 11.8 Å². The zero-order valence-electron chi connectivity index (χ0n) is 14.2. The van der Waals surface area contributed by atoms with Crippen molar-refractivity contribution in [3.63, 3.8) is 0 Å². The van der Waals surface area contributed by atoms with E-state index in [0.717, 1.165) is 0 Å². The van der Waals surface area contributed by atoms with E-state index in [-0.39, 0.29) is 21.6 Å². The molecule has 0 radical (unpaired) electrons. The van der Waals surface area contributed by atoms with Crippen molar-refractivity contribution in [2.75, 3.05) is 10.0 Å². The van der Waals surface area contributed by atoms with E-state index in [1.165, 1.54) is 18.3 Å². The molecule has 0 spiro atoms. The van der Waals surface area contributed by atoms with Crippen LogP contribution >= 0.6 is 11.6 Å². The number of anilines is 2. The Morgan fingerprint density at radius 3 is 2.52 bits per heavy atom. The zero-order valence-corrected chi connectivity index (χ0v) is 15.8. The molecule has 27 heavy (non-hydrogen) atoms. The second-order valence-electron chi connectivity index (χ2n) is 5.66. The number of amides is 1. The zero-order chi connectivity index (χ0) is 19.4. The highest BCUT2D eigenvalue weighted by Crippen LogP contribution is 2.20. The number of nitrogens with zero attached hydrogens (tertiary/aromatic N) is 2. The van der Waals surface area contributed by atoms with Crippen LogP contribution in [-0.2, 0) is 10.0 Å². The molecule has 0 fully saturated rings. The molecule has 138 valence electrons. The smallest absolute Gasteiger partial charge is 0.263 e. The van der Waals surface area contributed by atoms with Gasteiger partial charge in [0.05, 0.1) is 0 Å². The molecule has 2 aromatic heterocycles. The number of nitrogens with one attached hydrogen (secondary N) is 2. The Morgan fingerprint density at radius 2 is 1.81 bits per heavy atom. The van der Waals surface area contributed by atoms with E-state index in [9.17, 15) is 13.2 Å². The number of aryl methyl sites for hydroxylation is 1. The van der Waals surface area contributed by atoms with E-state index in [2.05, 4.69) is 20.0 Å². The van der Waals surface area contributed by atoms with Crippen LogP contribution in [0.4, 0.5) is 11.4 Å². The molecule has 0 aliphatic carbocycles. The van der Waals surface area contributed by atoms with Gasteiger partial charge in [-0.1, -0.05) is 17.7 Å². The highest BCUT2D eigenvalue weighted by Gasteiger charge is 2.17. The summed E-state index contributed by atoms with van der Waals surface area (Å²) in [5, 5.41) is 2.95. The van der Waals surface area contributed by atoms with Crippen molar-refractivity contribution in [1.29, 1.82) is 0 Å².